The number of carbonyl (C=O) groups excluding carboxylic acids is 2. The van der Waals surface area contributed by atoms with Gasteiger partial charge in [0.05, 0.1) is 0 Å². The van der Waals surface area contributed by atoms with Crippen molar-refractivity contribution >= 4 is 28.3 Å². The molecule has 0 aliphatic carbocycles. The summed E-state index contributed by atoms with van der Waals surface area (Å²) in [6.07, 6.45) is 1.70. The van der Waals surface area contributed by atoms with Gasteiger partial charge in [-0.1, -0.05) is 31.5 Å². The third-order valence-electron chi connectivity index (χ3n) is 3.40. The number of anilines is 1. The van der Waals surface area contributed by atoms with E-state index in [1.165, 1.54) is 11.3 Å². The van der Waals surface area contributed by atoms with Gasteiger partial charge in [0.1, 0.15) is 6.04 Å². The van der Waals surface area contributed by atoms with E-state index in [1.54, 1.807) is 18.3 Å². The minimum Gasteiger partial charge on any atom is -0.340 e. The normalized spacial score (nSPS) is 12.0. The Morgan fingerprint density at radius 3 is 2.30 bits per heavy atom. The first kappa shape index (κ1) is 17.1. The van der Waals surface area contributed by atoms with Gasteiger partial charge in [-0.2, -0.15) is 0 Å². The van der Waals surface area contributed by atoms with Gasteiger partial charge in [0.2, 0.25) is 5.91 Å². The Hall–Kier alpha value is -2.21. The van der Waals surface area contributed by atoms with E-state index in [9.17, 15) is 9.59 Å². The minimum atomic E-state index is -0.618. The summed E-state index contributed by atoms with van der Waals surface area (Å²) < 4.78 is 0. The van der Waals surface area contributed by atoms with Crippen LogP contribution in [0.4, 0.5) is 5.13 Å². The van der Waals surface area contributed by atoms with Crippen molar-refractivity contribution in [2.24, 2.45) is 5.92 Å². The zero-order chi connectivity index (χ0) is 17.0. The van der Waals surface area contributed by atoms with E-state index in [0.29, 0.717) is 10.7 Å². The Balaban J connectivity index is 2.07. The zero-order valence-corrected chi connectivity index (χ0v) is 14.5. The summed E-state index contributed by atoms with van der Waals surface area (Å²) in [5.41, 5.74) is 1.62. The van der Waals surface area contributed by atoms with E-state index < -0.39 is 6.04 Å². The summed E-state index contributed by atoms with van der Waals surface area (Å²) in [5, 5.41) is 6.11. The van der Waals surface area contributed by atoms with Crippen molar-refractivity contribution in [2.45, 2.75) is 33.7 Å². The van der Waals surface area contributed by atoms with Gasteiger partial charge in [-0.3, -0.25) is 9.59 Å². The lowest BCUT2D eigenvalue weighted by molar-refractivity contribution is -0.118. The number of carbonyl (C=O) groups is 2. The Morgan fingerprint density at radius 1 is 1.13 bits per heavy atom. The topological polar surface area (TPSA) is 71.1 Å². The lowest BCUT2D eigenvalue weighted by atomic mass is 10.0. The Bertz CT molecular complexity index is 692. The van der Waals surface area contributed by atoms with Crippen LogP contribution < -0.4 is 10.6 Å². The Labute approximate surface area is 140 Å². The van der Waals surface area contributed by atoms with E-state index in [1.807, 2.05) is 39.8 Å². The predicted octanol–water partition coefficient (Wildman–Crippen LogP) is 3.15. The third-order valence-corrected chi connectivity index (χ3v) is 4.23. The second-order valence-corrected chi connectivity index (χ2v) is 7.06. The van der Waals surface area contributed by atoms with E-state index in [4.69, 9.17) is 0 Å². The van der Waals surface area contributed by atoms with Gasteiger partial charge in [0.25, 0.3) is 5.91 Å². The smallest absolute Gasteiger partial charge is 0.251 e. The first-order valence-corrected chi connectivity index (χ1v) is 8.29. The molecule has 0 aliphatic rings. The van der Waals surface area contributed by atoms with Crippen LogP contribution in [0.3, 0.4) is 0 Å². The first-order valence-electron chi connectivity index (χ1n) is 7.47. The number of hydrogen-bond acceptors (Lipinski definition) is 4. The van der Waals surface area contributed by atoms with Crippen LogP contribution in [-0.2, 0) is 4.79 Å². The highest BCUT2D eigenvalue weighted by Crippen LogP contribution is 2.17. The SMILES string of the molecule is Cc1ccc(C(=O)NC(C(=O)Nc2ncc(C)s2)C(C)C)cc1. The molecule has 23 heavy (non-hydrogen) atoms. The third kappa shape index (κ3) is 4.63. The van der Waals surface area contributed by atoms with Gasteiger partial charge < -0.3 is 10.6 Å². The first-order chi connectivity index (χ1) is 10.9. The summed E-state index contributed by atoms with van der Waals surface area (Å²) >= 11 is 1.41. The van der Waals surface area contributed by atoms with Crippen LogP contribution in [0.5, 0.6) is 0 Å². The molecular formula is C17H21N3O2S. The van der Waals surface area contributed by atoms with Gasteiger partial charge in [0, 0.05) is 16.6 Å². The molecule has 0 spiro atoms. The van der Waals surface area contributed by atoms with Gasteiger partial charge >= 0.3 is 0 Å². The minimum absolute atomic E-state index is 0.0366. The van der Waals surface area contributed by atoms with Crippen molar-refractivity contribution in [1.29, 1.82) is 0 Å². The van der Waals surface area contributed by atoms with Gasteiger partial charge in [-0.15, -0.1) is 11.3 Å². The molecular weight excluding hydrogens is 310 g/mol. The second kappa shape index (κ2) is 7.37. The highest BCUT2D eigenvalue weighted by molar-refractivity contribution is 7.15. The van der Waals surface area contributed by atoms with E-state index >= 15 is 0 Å². The fourth-order valence-electron chi connectivity index (χ4n) is 2.06. The molecule has 5 nitrogen and oxygen atoms in total. The molecule has 1 unspecified atom stereocenters. The fourth-order valence-corrected chi connectivity index (χ4v) is 2.73. The van der Waals surface area contributed by atoms with Crippen LogP contribution in [0.15, 0.2) is 30.5 Å². The van der Waals surface area contributed by atoms with Crippen LogP contribution in [0.1, 0.15) is 34.6 Å². The summed E-state index contributed by atoms with van der Waals surface area (Å²) in [5.74, 6) is -0.547. The quantitative estimate of drug-likeness (QED) is 0.884. The standard InChI is InChI=1S/C17H21N3O2S/c1-10(2)14(16(22)20-17-18-9-12(4)23-17)19-15(21)13-7-5-11(3)6-8-13/h5-10,14H,1-4H3,(H,19,21)(H,18,20,22). The molecule has 0 aliphatic heterocycles. The summed E-state index contributed by atoms with van der Waals surface area (Å²) in [4.78, 5) is 29.9. The molecule has 0 radical (unpaired) electrons. The maximum atomic E-state index is 12.4. The number of rotatable bonds is 5. The van der Waals surface area contributed by atoms with Gasteiger partial charge in [-0.25, -0.2) is 4.98 Å². The van der Waals surface area contributed by atoms with Crippen molar-refractivity contribution in [2.75, 3.05) is 5.32 Å². The molecule has 1 atom stereocenters. The summed E-state index contributed by atoms with van der Waals surface area (Å²) in [6, 6.07) is 6.64. The molecule has 6 heteroatoms. The van der Waals surface area contributed by atoms with Crippen LogP contribution >= 0.6 is 11.3 Å². The average molecular weight is 331 g/mol. The van der Waals surface area contributed by atoms with Crippen LogP contribution in [0.25, 0.3) is 0 Å². The number of nitrogens with one attached hydrogen (secondary N) is 2. The number of aromatic nitrogens is 1. The molecule has 2 rings (SSSR count). The van der Waals surface area contributed by atoms with E-state index in [0.717, 1.165) is 10.4 Å². The number of benzene rings is 1. The summed E-state index contributed by atoms with van der Waals surface area (Å²) in [6.45, 7) is 7.67. The molecule has 1 aromatic heterocycles. The molecule has 0 saturated heterocycles. The number of nitrogens with zero attached hydrogens (tertiary/aromatic N) is 1. The maximum absolute atomic E-state index is 12.4. The van der Waals surface area contributed by atoms with Crippen molar-refractivity contribution in [1.82, 2.24) is 10.3 Å². The highest BCUT2D eigenvalue weighted by atomic mass is 32.1. The van der Waals surface area contributed by atoms with Gasteiger partial charge in [0.15, 0.2) is 5.13 Å². The van der Waals surface area contributed by atoms with Crippen molar-refractivity contribution < 1.29 is 9.59 Å². The maximum Gasteiger partial charge on any atom is 0.251 e. The fraction of sp³-hybridized carbons (Fsp3) is 0.353. The van der Waals surface area contributed by atoms with Crippen molar-refractivity contribution in [3.63, 3.8) is 0 Å². The average Bonchev–Trinajstić information content (AvgIpc) is 2.89. The molecule has 0 bridgehead atoms. The second-order valence-electron chi connectivity index (χ2n) is 5.83. The van der Waals surface area contributed by atoms with E-state index in [2.05, 4.69) is 15.6 Å². The zero-order valence-electron chi connectivity index (χ0n) is 13.7. The van der Waals surface area contributed by atoms with Crippen molar-refractivity contribution in [3.05, 3.63) is 46.5 Å². The van der Waals surface area contributed by atoms with Crippen molar-refractivity contribution in [3.8, 4) is 0 Å². The Morgan fingerprint density at radius 2 is 1.78 bits per heavy atom. The largest absolute Gasteiger partial charge is 0.340 e. The monoisotopic (exact) mass is 331 g/mol. The lowest BCUT2D eigenvalue weighted by Gasteiger charge is -2.21. The predicted molar refractivity (Wildman–Crippen MR) is 92.8 cm³/mol. The molecule has 122 valence electrons. The molecule has 2 amide bonds. The van der Waals surface area contributed by atoms with Crippen LogP contribution in [0.2, 0.25) is 0 Å². The molecule has 1 aromatic carbocycles. The molecule has 2 aromatic rings. The Kier molecular flexibility index (Phi) is 5.50. The number of aryl methyl sites for hydroxylation is 2. The molecule has 2 N–H and O–H groups in total. The van der Waals surface area contributed by atoms with E-state index in [-0.39, 0.29) is 17.7 Å². The summed E-state index contributed by atoms with van der Waals surface area (Å²) in [7, 11) is 0. The number of hydrogen-bond donors (Lipinski definition) is 2. The van der Waals surface area contributed by atoms with Crippen LogP contribution in [0, 0.1) is 19.8 Å². The highest BCUT2D eigenvalue weighted by Gasteiger charge is 2.25. The lowest BCUT2D eigenvalue weighted by Crippen LogP contribution is -2.47. The number of thiazole rings is 1. The molecule has 0 fully saturated rings. The number of amides is 2. The van der Waals surface area contributed by atoms with Gasteiger partial charge in [-0.05, 0) is 31.9 Å². The molecule has 0 saturated carbocycles. The molecule has 1 heterocycles. The van der Waals surface area contributed by atoms with Crippen LogP contribution in [-0.4, -0.2) is 22.8 Å².